The van der Waals surface area contributed by atoms with E-state index in [-0.39, 0.29) is 0 Å². The summed E-state index contributed by atoms with van der Waals surface area (Å²) in [5, 5.41) is 0. The molecule has 1 heterocycles. The van der Waals surface area contributed by atoms with Gasteiger partial charge in [0.2, 0.25) is 5.91 Å². The van der Waals surface area contributed by atoms with Crippen LogP contribution in [-0.4, -0.2) is 12.5 Å². The number of hydrogen-bond acceptors (Lipinski definition) is 1. The minimum atomic E-state index is 0.304. The molecule has 2 aliphatic rings. The quantitative estimate of drug-likeness (QED) is 0.705. The molecule has 16 heavy (non-hydrogen) atoms. The maximum absolute atomic E-state index is 12.3. The lowest BCUT2D eigenvalue weighted by Crippen LogP contribution is -2.38. The maximum atomic E-state index is 12.3. The summed E-state index contributed by atoms with van der Waals surface area (Å²) in [7, 11) is 0. The van der Waals surface area contributed by atoms with Crippen LogP contribution in [0.5, 0.6) is 0 Å². The van der Waals surface area contributed by atoms with Crippen molar-refractivity contribution in [2.24, 2.45) is 5.92 Å². The first-order chi connectivity index (χ1) is 7.77. The smallest absolute Gasteiger partial charge is 0.230 e. The third-order valence-corrected chi connectivity index (χ3v) is 3.94. The van der Waals surface area contributed by atoms with Gasteiger partial charge in [0.25, 0.3) is 0 Å². The number of amides is 1. The number of hydrogen-bond donors (Lipinski definition) is 0. The zero-order valence-electron chi connectivity index (χ0n) is 9.65. The minimum Gasteiger partial charge on any atom is -0.311 e. The van der Waals surface area contributed by atoms with Gasteiger partial charge in [-0.15, -0.1) is 0 Å². The highest BCUT2D eigenvalue weighted by molar-refractivity contribution is 5.97. The second-order valence-electron chi connectivity index (χ2n) is 5.04. The summed E-state index contributed by atoms with van der Waals surface area (Å²) in [6.07, 6.45) is 3.40. The predicted molar refractivity (Wildman–Crippen MR) is 64.6 cm³/mol. The van der Waals surface area contributed by atoms with Crippen molar-refractivity contribution in [1.82, 2.24) is 0 Å². The molecule has 0 spiro atoms. The van der Waals surface area contributed by atoms with Crippen LogP contribution in [0.4, 0.5) is 5.69 Å². The van der Waals surface area contributed by atoms with Gasteiger partial charge in [0.15, 0.2) is 0 Å². The topological polar surface area (TPSA) is 20.3 Å². The Bertz CT molecular complexity index is 422. The maximum Gasteiger partial charge on any atom is 0.230 e. The van der Waals surface area contributed by atoms with E-state index in [4.69, 9.17) is 0 Å². The first-order valence-corrected chi connectivity index (χ1v) is 6.17. The molecule has 1 aliphatic heterocycles. The SMILES string of the molecule is CC1CN(C(=O)C2CCC2)c2ccccc21. The average Bonchev–Trinajstić information content (AvgIpc) is 2.55. The van der Waals surface area contributed by atoms with Crippen LogP contribution in [0.1, 0.15) is 37.7 Å². The van der Waals surface area contributed by atoms with Crippen LogP contribution in [0.15, 0.2) is 24.3 Å². The van der Waals surface area contributed by atoms with Crippen molar-refractivity contribution in [3.8, 4) is 0 Å². The van der Waals surface area contributed by atoms with Gasteiger partial charge in [-0.3, -0.25) is 4.79 Å². The Morgan fingerprint density at radius 2 is 2.06 bits per heavy atom. The van der Waals surface area contributed by atoms with Gasteiger partial charge in [-0.25, -0.2) is 0 Å². The molecule has 1 saturated carbocycles. The summed E-state index contributed by atoms with van der Waals surface area (Å²) in [6.45, 7) is 3.07. The van der Waals surface area contributed by atoms with Crippen LogP contribution < -0.4 is 4.90 Å². The second-order valence-corrected chi connectivity index (χ2v) is 5.04. The van der Waals surface area contributed by atoms with Crippen molar-refractivity contribution < 1.29 is 4.79 Å². The van der Waals surface area contributed by atoms with Crippen molar-refractivity contribution in [1.29, 1.82) is 0 Å². The molecule has 1 aliphatic carbocycles. The van der Waals surface area contributed by atoms with E-state index in [1.54, 1.807) is 0 Å². The molecule has 84 valence electrons. The molecule has 0 saturated heterocycles. The summed E-state index contributed by atoms with van der Waals surface area (Å²) < 4.78 is 0. The van der Waals surface area contributed by atoms with Gasteiger partial charge in [-0.05, 0) is 24.5 Å². The summed E-state index contributed by atoms with van der Waals surface area (Å²) in [6, 6.07) is 8.31. The van der Waals surface area contributed by atoms with Crippen LogP contribution in [0.2, 0.25) is 0 Å². The normalized spacial score (nSPS) is 24.1. The molecular formula is C14H17NO. The van der Waals surface area contributed by atoms with E-state index in [1.807, 2.05) is 11.0 Å². The molecule has 0 N–H and O–H groups in total. The Labute approximate surface area is 96.3 Å². The summed E-state index contributed by atoms with van der Waals surface area (Å²) in [5.74, 6) is 1.14. The highest BCUT2D eigenvalue weighted by atomic mass is 16.2. The Hall–Kier alpha value is -1.31. The number of rotatable bonds is 1. The fraction of sp³-hybridized carbons (Fsp3) is 0.500. The van der Waals surface area contributed by atoms with Crippen LogP contribution in [-0.2, 0) is 4.79 Å². The third-order valence-electron chi connectivity index (χ3n) is 3.94. The molecule has 1 fully saturated rings. The molecule has 1 aromatic rings. The molecule has 0 aromatic heterocycles. The summed E-state index contributed by atoms with van der Waals surface area (Å²) >= 11 is 0. The molecule has 0 radical (unpaired) electrons. The minimum absolute atomic E-state index is 0.304. The fourth-order valence-corrected chi connectivity index (χ4v) is 2.70. The van der Waals surface area contributed by atoms with Crippen molar-refractivity contribution >= 4 is 11.6 Å². The molecule has 1 unspecified atom stereocenters. The van der Waals surface area contributed by atoms with E-state index in [0.29, 0.717) is 17.7 Å². The number of carbonyl (C=O) groups is 1. The van der Waals surface area contributed by atoms with Crippen LogP contribution in [0.25, 0.3) is 0 Å². The zero-order chi connectivity index (χ0) is 11.1. The van der Waals surface area contributed by atoms with Gasteiger partial charge in [0, 0.05) is 24.1 Å². The lowest BCUT2D eigenvalue weighted by Gasteiger charge is -2.29. The lowest BCUT2D eigenvalue weighted by molar-refractivity contribution is -0.124. The second kappa shape index (κ2) is 3.62. The van der Waals surface area contributed by atoms with Crippen LogP contribution in [0, 0.1) is 5.92 Å². The van der Waals surface area contributed by atoms with E-state index in [1.165, 1.54) is 12.0 Å². The number of para-hydroxylation sites is 1. The molecular weight excluding hydrogens is 198 g/mol. The number of fused-ring (bicyclic) bond motifs is 1. The third kappa shape index (κ3) is 1.36. The highest BCUT2D eigenvalue weighted by Crippen LogP contribution is 2.38. The molecule has 1 aromatic carbocycles. The van der Waals surface area contributed by atoms with Gasteiger partial charge >= 0.3 is 0 Å². The molecule has 2 nitrogen and oxygen atoms in total. The summed E-state index contributed by atoms with van der Waals surface area (Å²) in [4.78, 5) is 14.3. The van der Waals surface area contributed by atoms with E-state index in [2.05, 4.69) is 25.1 Å². The molecule has 0 bridgehead atoms. The van der Waals surface area contributed by atoms with E-state index in [0.717, 1.165) is 25.1 Å². The van der Waals surface area contributed by atoms with Crippen molar-refractivity contribution in [3.05, 3.63) is 29.8 Å². The first-order valence-electron chi connectivity index (χ1n) is 6.17. The van der Waals surface area contributed by atoms with E-state index in [9.17, 15) is 4.79 Å². The molecule has 3 rings (SSSR count). The Morgan fingerprint density at radius 3 is 2.75 bits per heavy atom. The van der Waals surface area contributed by atoms with Gasteiger partial charge < -0.3 is 4.90 Å². The fourth-order valence-electron chi connectivity index (χ4n) is 2.70. The van der Waals surface area contributed by atoms with Crippen LogP contribution in [0.3, 0.4) is 0 Å². The Morgan fingerprint density at radius 1 is 1.31 bits per heavy atom. The van der Waals surface area contributed by atoms with E-state index >= 15 is 0 Å². The monoisotopic (exact) mass is 215 g/mol. The summed E-state index contributed by atoms with van der Waals surface area (Å²) in [5.41, 5.74) is 2.47. The number of carbonyl (C=O) groups excluding carboxylic acids is 1. The largest absolute Gasteiger partial charge is 0.311 e. The van der Waals surface area contributed by atoms with Crippen molar-refractivity contribution in [2.75, 3.05) is 11.4 Å². The predicted octanol–water partition coefficient (Wildman–Crippen LogP) is 2.94. The lowest BCUT2D eigenvalue weighted by atomic mass is 9.84. The number of anilines is 1. The highest BCUT2D eigenvalue weighted by Gasteiger charge is 2.35. The van der Waals surface area contributed by atoms with E-state index < -0.39 is 0 Å². The standard InChI is InChI=1S/C14H17NO/c1-10-9-15(14(16)11-5-4-6-11)13-8-3-2-7-12(10)13/h2-3,7-8,10-11H,4-6,9H2,1H3. The average molecular weight is 215 g/mol. The van der Waals surface area contributed by atoms with Gasteiger partial charge in [-0.2, -0.15) is 0 Å². The van der Waals surface area contributed by atoms with Crippen LogP contribution >= 0.6 is 0 Å². The molecule has 1 amide bonds. The number of nitrogens with zero attached hydrogens (tertiary/aromatic N) is 1. The number of benzene rings is 1. The van der Waals surface area contributed by atoms with Crippen molar-refractivity contribution in [2.45, 2.75) is 32.1 Å². The Kier molecular flexibility index (Phi) is 2.23. The molecule has 2 heteroatoms. The molecule has 1 atom stereocenters. The first kappa shape index (κ1) is 9.88. The van der Waals surface area contributed by atoms with Gasteiger partial charge in [0.05, 0.1) is 0 Å². The Balaban J connectivity index is 1.90. The van der Waals surface area contributed by atoms with Gasteiger partial charge in [-0.1, -0.05) is 31.5 Å². The van der Waals surface area contributed by atoms with Gasteiger partial charge in [0.1, 0.15) is 0 Å². The van der Waals surface area contributed by atoms with Crippen molar-refractivity contribution in [3.63, 3.8) is 0 Å². The zero-order valence-corrected chi connectivity index (χ0v) is 9.65.